The predicted octanol–water partition coefficient (Wildman–Crippen LogP) is 1.91. The van der Waals surface area contributed by atoms with E-state index in [9.17, 15) is 4.39 Å². The molecule has 0 aromatic heterocycles. The molecule has 0 amide bonds. The Balaban J connectivity index is 2.52. The fraction of sp³-hybridized carbons (Fsp3) is 0.400. The Kier molecular flexibility index (Phi) is 2.29. The van der Waals surface area contributed by atoms with Crippen LogP contribution in [0.2, 0.25) is 0 Å². The van der Waals surface area contributed by atoms with Gasteiger partial charge in [0.2, 0.25) is 0 Å². The molecule has 0 N–H and O–H groups in total. The fourth-order valence-electron chi connectivity index (χ4n) is 1.46. The maximum Gasteiger partial charge on any atom is 0.165 e. The molecule has 1 aromatic carbocycles. The molecule has 0 saturated carbocycles. The van der Waals surface area contributed by atoms with Gasteiger partial charge in [0.15, 0.2) is 11.6 Å². The largest absolute Gasteiger partial charge is 0.496 e. The Morgan fingerprint density at radius 1 is 1.36 bits per heavy atom. The Bertz CT molecular complexity index is 347. The fourth-order valence-corrected chi connectivity index (χ4v) is 1.46. The van der Waals surface area contributed by atoms with Gasteiger partial charge in [-0.1, -0.05) is 0 Å². The van der Waals surface area contributed by atoms with Crippen LogP contribution in [0, 0.1) is 5.82 Å². The van der Waals surface area contributed by atoms with Crippen LogP contribution >= 0.6 is 0 Å². The zero-order chi connectivity index (χ0) is 10.1. The Morgan fingerprint density at radius 2 is 2.07 bits per heavy atom. The van der Waals surface area contributed by atoms with Crippen molar-refractivity contribution in [2.45, 2.75) is 6.10 Å². The molecule has 14 heavy (non-hydrogen) atoms. The average molecular weight is 198 g/mol. The van der Waals surface area contributed by atoms with Crippen LogP contribution in [-0.4, -0.2) is 20.8 Å². The highest BCUT2D eigenvalue weighted by atomic mass is 19.1. The molecule has 1 aliphatic heterocycles. The van der Waals surface area contributed by atoms with Gasteiger partial charge in [-0.2, -0.15) is 0 Å². The van der Waals surface area contributed by atoms with E-state index in [1.165, 1.54) is 13.2 Å². The van der Waals surface area contributed by atoms with Gasteiger partial charge in [0, 0.05) is 0 Å². The molecule has 1 saturated heterocycles. The number of hydrogen-bond acceptors (Lipinski definition) is 3. The molecule has 1 heterocycles. The molecule has 0 aliphatic carbocycles. The summed E-state index contributed by atoms with van der Waals surface area (Å²) in [4.78, 5) is 0. The smallest absolute Gasteiger partial charge is 0.165 e. The van der Waals surface area contributed by atoms with E-state index in [1.54, 1.807) is 13.2 Å². The highest BCUT2D eigenvalue weighted by Gasteiger charge is 2.33. The monoisotopic (exact) mass is 198 g/mol. The number of methoxy groups -OCH3 is 2. The molecule has 2 rings (SSSR count). The van der Waals surface area contributed by atoms with Crippen LogP contribution in [0.15, 0.2) is 12.1 Å². The minimum absolute atomic E-state index is 0.0874. The lowest BCUT2D eigenvalue weighted by Crippen LogP contribution is -1.98. The molecular formula is C10H11FO3. The standard InChI is InChI=1S/C10H11FO3/c1-12-7-4-3-6(11)10(13-2)9(7)8-5-14-8/h3-4,8H,5H2,1-2H3/t8-/m0/s1. The van der Waals surface area contributed by atoms with Crippen molar-refractivity contribution in [3.63, 3.8) is 0 Å². The summed E-state index contributed by atoms with van der Waals surface area (Å²) in [5, 5.41) is 0. The van der Waals surface area contributed by atoms with Crippen molar-refractivity contribution in [2.75, 3.05) is 20.8 Å². The van der Waals surface area contributed by atoms with Crippen LogP contribution in [-0.2, 0) is 4.74 Å². The van der Waals surface area contributed by atoms with Crippen molar-refractivity contribution in [1.29, 1.82) is 0 Å². The third-order valence-electron chi connectivity index (χ3n) is 2.19. The summed E-state index contributed by atoms with van der Waals surface area (Å²) in [7, 11) is 2.97. The number of rotatable bonds is 3. The summed E-state index contributed by atoms with van der Waals surface area (Å²) in [5.41, 5.74) is 0.662. The van der Waals surface area contributed by atoms with E-state index in [-0.39, 0.29) is 17.7 Å². The maximum atomic E-state index is 13.3. The van der Waals surface area contributed by atoms with E-state index < -0.39 is 0 Å². The molecule has 76 valence electrons. The van der Waals surface area contributed by atoms with E-state index in [0.717, 1.165) is 0 Å². The van der Waals surface area contributed by atoms with E-state index in [0.29, 0.717) is 17.9 Å². The number of halogens is 1. The minimum Gasteiger partial charge on any atom is -0.496 e. The van der Waals surface area contributed by atoms with Crippen LogP contribution in [0.25, 0.3) is 0 Å². The lowest BCUT2D eigenvalue weighted by atomic mass is 10.1. The van der Waals surface area contributed by atoms with Crippen LogP contribution in [0.1, 0.15) is 11.7 Å². The molecule has 1 aromatic rings. The first-order valence-electron chi connectivity index (χ1n) is 4.30. The lowest BCUT2D eigenvalue weighted by molar-refractivity contribution is 0.345. The second-order valence-electron chi connectivity index (χ2n) is 3.02. The third-order valence-corrected chi connectivity index (χ3v) is 2.19. The number of benzene rings is 1. The van der Waals surface area contributed by atoms with Crippen LogP contribution in [0.3, 0.4) is 0 Å². The summed E-state index contributed by atoms with van der Waals surface area (Å²) in [5.74, 6) is 0.427. The van der Waals surface area contributed by atoms with Gasteiger partial charge in [-0.25, -0.2) is 4.39 Å². The molecule has 1 fully saturated rings. The molecule has 3 nitrogen and oxygen atoms in total. The lowest BCUT2D eigenvalue weighted by Gasteiger charge is -2.11. The summed E-state index contributed by atoms with van der Waals surface area (Å²) < 4.78 is 28.5. The van der Waals surface area contributed by atoms with Gasteiger partial charge < -0.3 is 14.2 Å². The van der Waals surface area contributed by atoms with Gasteiger partial charge in [0.25, 0.3) is 0 Å². The number of epoxide rings is 1. The summed E-state index contributed by atoms with van der Waals surface area (Å²) in [6, 6.07) is 2.90. The third kappa shape index (κ3) is 1.42. The van der Waals surface area contributed by atoms with Crippen molar-refractivity contribution in [2.24, 2.45) is 0 Å². The van der Waals surface area contributed by atoms with E-state index in [4.69, 9.17) is 14.2 Å². The number of hydrogen-bond donors (Lipinski definition) is 0. The van der Waals surface area contributed by atoms with Crippen molar-refractivity contribution < 1.29 is 18.6 Å². The van der Waals surface area contributed by atoms with Crippen LogP contribution in [0.5, 0.6) is 11.5 Å². The Hall–Kier alpha value is -1.29. The van der Waals surface area contributed by atoms with Gasteiger partial charge in [-0.05, 0) is 12.1 Å². The molecule has 0 unspecified atom stereocenters. The topological polar surface area (TPSA) is 31.0 Å². The first kappa shape index (κ1) is 9.27. The van der Waals surface area contributed by atoms with Crippen molar-refractivity contribution in [3.8, 4) is 11.5 Å². The normalized spacial score (nSPS) is 19.2. The molecule has 1 aliphatic rings. The maximum absolute atomic E-state index is 13.3. The molecule has 0 spiro atoms. The summed E-state index contributed by atoms with van der Waals surface area (Å²) >= 11 is 0. The molecule has 4 heteroatoms. The van der Waals surface area contributed by atoms with Crippen molar-refractivity contribution in [1.82, 2.24) is 0 Å². The van der Waals surface area contributed by atoms with Gasteiger partial charge in [0.1, 0.15) is 11.9 Å². The second-order valence-corrected chi connectivity index (χ2v) is 3.02. The number of ether oxygens (including phenoxy) is 3. The Morgan fingerprint density at radius 3 is 2.57 bits per heavy atom. The average Bonchev–Trinajstić information content (AvgIpc) is 3.00. The van der Waals surface area contributed by atoms with Gasteiger partial charge >= 0.3 is 0 Å². The van der Waals surface area contributed by atoms with E-state index in [1.807, 2.05) is 0 Å². The molecule has 0 radical (unpaired) electrons. The molecule has 1 atom stereocenters. The zero-order valence-electron chi connectivity index (χ0n) is 8.04. The van der Waals surface area contributed by atoms with E-state index in [2.05, 4.69) is 0 Å². The predicted molar refractivity (Wildman–Crippen MR) is 48.2 cm³/mol. The van der Waals surface area contributed by atoms with E-state index >= 15 is 0 Å². The summed E-state index contributed by atoms with van der Waals surface area (Å²) in [6.45, 7) is 0.593. The zero-order valence-corrected chi connectivity index (χ0v) is 8.04. The SMILES string of the molecule is COc1ccc(F)c(OC)c1[C@@H]1CO1. The minimum atomic E-state index is -0.390. The highest BCUT2D eigenvalue weighted by Crippen LogP contribution is 2.43. The van der Waals surface area contributed by atoms with Gasteiger partial charge in [-0.15, -0.1) is 0 Å². The Labute approximate surface area is 81.4 Å². The first-order chi connectivity index (χ1) is 6.77. The van der Waals surface area contributed by atoms with Crippen LogP contribution < -0.4 is 9.47 Å². The van der Waals surface area contributed by atoms with Crippen molar-refractivity contribution in [3.05, 3.63) is 23.5 Å². The highest BCUT2D eigenvalue weighted by molar-refractivity contribution is 5.48. The van der Waals surface area contributed by atoms with Crippen molar-refractivity contribution >= 4 is 0 Å². The quantitative estimate of drug-likeness (QED) is 0.695. The second kappa shape index (κ2) is 3.46. The first-order valence-corrected chi connectivity index (χ1v) is 4.30. The van der Waals surface area contributed by atoms with Gasteiger partial charge in [-0.3, -0.25) is 0 Å². The summed E-state index contributed by atoms with van der Waals surface area (Å²) in [6.07, 6.45) is -0.0874. The molecular weight excluding hydrogens is 187 g/mol. The van der Waals surface area contributed by atoms with Gasteiger partial charge in [0.05, 0.1) is 26.4 Å². The molecule has 0 bridgehead atoms. The van der Waals surface area contributed by atoms with Crippen LogP contribution in [0.4, 0.5) is 4.39 Å².